The molecular formula is C5H10O6. The van der Waals surface area contributed by atoms with Crippen molar-refractivity contribution >= 4 is 0 Å². The Morgan fingerprint density at radius 2 is 2.27 bits per heavy atom. The van der Waals surface area contributed by atoms with Crippen LogP contribution >= 0.6 is 0 Å². The molecule has 1 aliphatic heterocycles. The van der Waals surface area contributed by atoms with Gasteiger partial charge in [-0.05, 0) is 10.1 Å². The molecule has 6 nitrogen and oxygen atoms in total. The number of hydrogen-bond donors (Lipinski definition) is 2. The average Bonchev–Trinajstić information content (AvgIpc) is 2.30. The van der Waals surface area contributed by atoms with Crippen LogP contribution in [0.1, 0.15) is 6.42 Å². The Labute approximate surface area is 63.0 Å². The Morgan fingerprint density at radius 1 is 1.45 bits per heavy atom. The van der Waals surface area contributed by atoms with Crippen LogP contribution in [0.25, 0.3) is 0 Å². The molecule has 1 heterocycles. The van der Waals surface area contributed by atoms with E-state index in [1.54, 1.807) is 0 Å². The van der Waals surface area contributed by atoms with E-state index in [1.807, 2.05) is 0 Å². The summed E-state index contributed by atoms with van der Waals surface area (Å²) in [5, 5.41) is 25.6. The fourth-order valence-electron chi connectivity index (χ4n) is 0.707. The van der Waals surface area contributed by atoms with Crippen LogP contribution in [0.4, 0.5) is 0 Å². The van der Waals surface area contributed by atoms with Gasteiger partial charge in [-0.25, -0.2) is 4.89 Å². The molecule has 1 saturated heterocycles. The van der Waals surface area contributed by atoms with Crippen LogP contribution in [0.5, 0.6) is 0 Å². The summed E-state index contributed by atoms with van der Waals surface area (Å²) < 4.78 is 0. The molecule has 0 aromatic heterocycles. The van der Waals surface area contributed by atoms with Crippen molar-refractivity contribution in [3.8, 4) is 0 Å². The van der Waals surface area contributed by atoms with Gasteiger partial charge < -0.3 is 10.2 Å². The lowest BCUT2D eigenvalue weighted by Gasteiger charge is -2.14. The lowest BCUT2D eigenvalue weighted by atomic mass is 10.1. The quantitative estimate of drug-likeness (QED) is 0.508. The molecule has 1 fully saturated rings. The van der Waals surface area contributed by atoms with Gasteiger partial charge in [0.1, 0.15) is 12.2 Å². The number of hydrogen-bond acceptors (Lipinski definition) is 6. The van der Waals surface area contributed by atoms with E-state index in [0.717, 1.165) is 0 Å². The van der Waals surface area contributed by atoms with Crippen molar-refractivity contribution in [3.05, 3.63) is 0 Å². The topological polar surface area (TPSA) is 77.4 Å². The monoisotopic (exact) mass is 166 g/mol. The Balaban J connectivity index is 2.30. The van der Waals surface area contributed by atoms with Gasteiger partial charge in [0.25, 0.3) is 0 Å². The first-order valence-electron chi connectivity index (χ1n) is 3.25. The van der Waals surface area contributed by atoms with Crippen LogP contribution in [0.15, 0.2) is 0 Å². The highest BCUT2D eigenvalue weighted by atomic mass is 17.7. The van der Waals surface area contributed by atoms with Gasteiger partial charge in [-0.2, -0.15) is 4.89 Å². The van der Waals surface area contributed by atoms with E-state index in [2.05, 4.69) is 19.9 Å². The summed E-state index contributed by atoms with van der Waals surface area (Å²) in [6, 6.07) is 0. The number of rotatable bonds is 2. The highest BCUT2D eigenvalue weighted by molar-refractivity contribution is 4.66. The first-order chi connectivity index (χ1) is 5.34. The minimum atomic E-state index is -0.972. The summed E-state index contributed by atoms with van der Waals surface area (Å²) in [4.78, 5) is 8.88. The fourth-order valence-corrected chi connectivity index (χ4v) is 0.707. The van der Waals surface area contributed by atoms with Crippen molar-refractivity contribution in [2.24, 2.45) is 0 Å². The summed E-state index contributed by atoms with van der Waals surface area (Å²) in [5.74, 6) is 0. The van der Waals surface area contributed by atoms with Crippen molar-refractivity contribution in [3.63, 3.8) is 0 Å². The van der Waals surface area contributed by atoms with Crippen LogP contribution < -0.4 is 0 Å². The van der Waals surface area contributed by atoms with Gasteiger partial charge in [0.2, 0.25) is 0 Å². The molecule has 1 rings (SSSR count). The smallest absolute Gasteiger partial charge is 0.127 e. The van der Waals surface area contributed by atoms with E-state index >= 15 is 0 Å². The van der Waals surface area contributed by atoms with Gasteiger partial charge in [0.15, 0.2) is 0 Å². The van der Waals surface area contributed by atoms with E-state index in [-0.39, 0.29) is 13.2 Å². The minimum Gasteiger partial charge on any atom is -0.394 e. The third-order valence-corrected chi connectivity index (χ3v) is 1.34. The van der Waals surface area contributed by atoms with Crippen LogP contribution in [-0.4, -0.2) is 35.6 Å². The largest absolute Gasteiger partial charge is 0.394 e. The van der Waals surface area contributed by atoms with E-state index in [9.17, 15) is 0 Å². The SMILES string of the molecule is OCC(O)C1CCOOOO1. The molecule has 2 N–H and O–H groups in total. The standard InChI is InChI=1S/C5H10O6/c6-3-4(7)5-1-2-8-10-11-9-5/h4-7H,1-3H2. The zero-order valence-electron chi connectivity index (χ0n) is 5.80. The van der Waals surface area contributed by atoms with Gasteiger partial charge >= 0.3 is 0 Å². The molecular weight excluding hydrogens is 156 g/mol. The first kappa shape index (κ1) is 8.85. The molecule has 0 aromatic carbocycles. The molecule has 0 radical (unpaired) electrons. The molecule has 0 spiro atoms. The van der Waals surface area contributed by atoms with E-state index in [4.69, 9.17) is 10.2 Å². The van der Waals surface area contributed by atoms with Crippen molar-refractivity contribution in [2.45, 2.75) is 18.6 Å². The third-order valence-electron chi connectivity index (χ3n) is 1.34. The average molecular weight is 166 g/mol. The zero-order valence-corrected chi connectivity index (χ0v) is 5.80. The summed E-state index contributed by atoms with van der Waals surface area (Å²) in [6.07, 6.45) is -1.18. The van der Waals surface area contributed by atoms with Gasteiger partial charge in [-0.1, -0.05) is 0 Å². The summed E-state index contributed by atoms with van der Waals surface area (Å²) in [5.41, 5.74) is 0. The van der Waals surface area contributed by atoms with Crippen LogP contribution in [0, 0.1) is 0 Å². The molecule has 0 bridgehead atoms. The number of aliphatic hydroxyl groups is 2. The van der Waals surface area contributed by atoms with E-state index in [0.29, 0.717) is 6.42 Å². The molecule has 0 aliphatic carbocycles. The highest BCUT2D eigenvalue weighted by Crippen LogP contribution is 2.09. The molecule has 6 heteroatoms. The zero-order chi connectivity index (χ0) is 8.10. The normalized spacial score (nSPS) is 29.5. The van der Waals surface area contributed by atoms with Crippen LogP contribution in [0.2, 0.25) is 0 Å². The Hall–Kier alpha value is -0.240. The second kappa shape index (κ2) is 4.60. The second-order valence-electron chi connectivity index (χ2n) is 2.13. The molecule has 1 aliphatic rings. The summed E-state index contributed by atoms with van der Waals surface area (Å²) >= 11 is 0. The van der Waals surface area contributed by atoms with Gasteiger partial charge in [0, 0.05) is 6.42 Å². The molecule has 0 aromatic rings. The van der Waals surface area contributed by atoms with Crippen LogP contribution in [0.3, 0.4) is 0 Å². The maximum atomic E-state index is 9.04. The minimum absolute atomic E-state index is 0.252. The van der Waals surface area contributed by atoms with Crippen LogP contribution in [-0.2, 0) is 19.9 Å². The molecule has 66 valence electrons. The lowest BCUT2D eigenvalue weighted by molar-refractivity contribution is -0.630. The third kappa shape index (κ3) is 2.70. The van der Waals surface area contributed by atoms with E-state index in [1.165, 1.54) is 0 Å². The van der Waals surface area contributed by atoms with Crippen molar-refractivity contribution in [2.75, 3.05) is 13.2 Å². The molecule has 11 heavy (non-hydrogen) atoms. The predicted octanol–water partition coefficient (Wildman–Crippen LogP) is -1.08. The lowest BCUT2D eigenvalue weighted by Crippen LogP contribution is -2.31. The van der Waals surface area contributed by atoms with Crippen molar-refractivity contribution in [1.82, 2.24) is 0 Å². The second-order valence-corrected chi connectivity index (χ2v) is 2.13. The van der Waals surface area contributed by atoms with Gasteiger partial charge in [-0.15, -0.1) is 0 Å². The first-order valence-corrected chi connectivity index (χ1v) is 3.25. The van der Waals surface area contributed by atoms with Crippen molar-refractivity contribution < 1.29 is 30.1 Å². The van der Waals surface area contributed by atoms with Gasteiger partial charge in [-0.3, -0.25) is 0 Å². The van der Waals surface area contributed by atoms with E-state index < -0.39 is 12.2 Å². The predicted molar refractivity (Wildman–Crippen MR) is 30.7 cm³/mol. The Morgan fingerprint density at radius 3 is 3.00 bits per heavy atom. The number of aliphatic hydroxyl groups excluding tert-OH is 2. The Kier molecular flexibility index (Phi) is 3.70. The summed E-state index contributed by atoms with van der Waals surface area (Å²) in [7, 11) is 0. The fraction of sp³-hybridized carbons (Fsp3) is 1.00. The molecule has 0 amide bonds. The maximum Gasteiger partial charge on any atom is 0.127 e. The maximum absolute atomic E-state index is 9.04. The highest BCUT2D eigenvalue weighted by Gasteiger charge is 2.23. The molecule has 0 saturated carbocycles. The van der Waals surface area contributed by atoms with Gasteiger partial charge in [0.05, 0.1) is 13.2 Å². The van der Waals surface area contributed by atoms with Crippen molar-refractivity contribution in [1.29, 1.82) is 0 Å². The Bertz CT molecular complexity index is 99.1. The molecule has 2 atom stereocenters. The summed E-state index contributed by atoms with van der Waals surface area (Å²) in [6.45, 7) is -0.129. The molecule has 2 unspecified atom stereocenters.